The van der Waals surface area contributed by atoms with E-state index in [0.717, 1.165) is 32.3 Å². The summed E-state index contributed by atoms with van der Waals surface area (Å²) in [7, 11) is 0. The van der Waals surface area contributed by atoms with Gasteiger partial charge >= 0.3 is 0 Å². The van der Waals surface area contributed by atoms with Gasteiger partial charge in [0, 0.05) is 83.2 Å². The van der Waals surface area contributed by atoms with Gasteiger partial charge in [0.05, 0.1) is 0 Å². The highest BCUT2D eigenvalue weighted by molar-refractivity contribution is 9.11. The molecule has 164 valence electrons. The molecule has 2 heterocycles. The van der Waals surface area contributed by atoms with Crippen LogP contribution in [0.5, 0.6) is 0 Å². The van der Waals surface area contributed by atoms with E-state index in [9.17, 15) is 19.2 Å². The molecule has 10 heteroatoms. The van der Waals surface area contributed by atoms with Crippen molar-refractivity contribution in [1.29, 1.82) is 0 Å². The molecule has 0 spiro atoms. The third kappa shape index (κ3) is 2.35. The molecule has 0 radical (unpaired) electrons. The molecule has 0 atom stereocenters. The molecule has 0 aliphatic carbocycles. The van der Waals surface area contributed by atoms with Gasteiger partial charge < -0.3 is 0 Å². The first-order valence-corrected chi connectivity index (χ1v) is 13.1. The quantitative estimate of drug-likeness (QED) is 0.109. The van der Waals surface area contributed by atoms with Crippen LogP contribution >= 0.6 is 63.7 Å². The van der Waals surface area contributed by atoms with Gasteiger partial charge in [-0.1, -0.05) is 63.7 Å². The van der Waals surface area contributed by atoms with Crippen LogP contribution in [-0.2, 0) is 0 Å². The number of carbonyl (C=O) groups is 4. The molecule has 0 fully saturated rings. The van der Waals surface area contributed by atoms with Crippen LogP contribution in [-0.4, -0.2) is 23.6 Å². The number of fused-ring (bicyclic) bond motifs is 2. The van der Waals surface area contributed by atoms with Crippen LogP contribution in [0.25, 0.3) is 43.1 Å². The highest BCUT2D eigenvalue weighted by atomic mass is 79.9. The lowest BCUT2D eigenvalue weighted by Gasteiger charge is -2.26. The maximum Gasteiger partial charge on any atom is 0.258 e. The number of imide groups is 2. The smallest absolute Gasteiger partial charge is 0.258 e. The Morgan fingerprint density at radius 3 is 0.853 bits per heavy atom. The van der Waals surface area contributed by atoms with E-state index in [1.807, 2.05) is 0 Å². The fourth-order valence-corrected chi connectivity index (χ4v) is 7.81. The summed E-state index contributed by atoms with van der Waals surface area (Å²) in [5.74, 6) is -1.85. The van der Waals surface area contributed by atoms with Gasteiger partial charge in [0.25, 0.3) is 23.6 Å². The molecule has 34 heavy (non-hydrogen) atoms. The summed E-state index contributed by atoms with van der Waals surface area (Å²) >= 11 is 14.6. The van der Waals surface area contributed by atoms with E-state index in [0.29, 0.717) is 50.9 Å². The van der Waals surface area contributed by atoms with Gasteiger partial charge in [-0.25, -0.2) is 0 Å². The largest absolute Gasteiger partial charge is 0.288 e. The molecule has 0 saturated heterocycles. The Labute approximate surface area is 223 Å². The Kier molecular flexibility index (Phi) is 4.08. The van der Waals surface area contributed by atoms with Crippen molar-refractivity contribution in [1.82, 2.24) is 10.6 Å². The van der Waals surface area contributed by atoms with Crippen LogP contribution in [0.2, 0.25) is 0 Å². The van der Waals surface area contributed by atoms with Gasteiger partial charge in [0.15, 0.2) is 0 Å². The predicted molar refractivity (Wildman–Crippen MR) is 142 cm³/mol. The Hall–Kier alpha value is -2.40. The van der Waals surface area contributed by atoms with Gasteiger partial charge in [0.1, 0.15) is 0 Å². The second-order valence-electron chi connectivity index (χ2n) is 8.19. The summed E-state index contributed by atoms with van der Waals surface area (Å²) in [6, 6.07) is 6.84. The van der Waals surface area contributed by atoms with Gasteiger partial charge in [-0.3, -0.25) is 29.8 Å². The van der Waals surface area contributed by atoms with Crippen LogP contribution in [0.15, 0.2) is 42.2 Å². The first kappa shape index (κ1) is 20.9. The molecule has 0 unspecified atom stereocenters. The van der Waals surface area contributed by atoms with Crippen molar-refractivity contribution in [3.63, 3.8) is 0 Å². The zero-order chi connectivity index (χ0) is 23.8. The molecular weight excluding hydrogens is 700 g/mol. The average Bonchev–Trinajstić information content (AvgIpc) is 2.77. The Balaban J connectivity index is 1.93. The number of halogens is 4. The minimum absolute atomic E-state index is 0.393. The third-order valence-corrected chi connectivity index (χ3v) is 9.05. The van der Waals surface area contributed by atoms with E-state index >= 15 is 0 Å². The number of hydrogen-bond acceptors (Lipinski definition) is 4. The molecule has 2 aliphatic heterocycles. The highest BCUT2D eigenvalue weighted by Gasteiger charge is 2.34. The summed E-state index contributed by atoms with van der Waals surface area (Å²) < 4.78 is 2.61. The van der Waals surface area contributed by atoms with Gasteiger partial charge in [-0.15, -0.1) is 0 Å². The molecule has 2 aliphatic rings. The van der Waals surface area contributed by atoms with E-state index in [1.54, 1.807) is 24.3 Å². The number of rotatable bonds is 0. The van der Waals surface area contributed by atoms with Gasteiger partial charge in [-0.05, 0) is 24.3 Å². The first-order valence-electron chi connectivity index (χ1n) is 9.88. The van der Waals surface area contributed by atoms with E-state index in [-0.39, 0.29) is 0 Å². The number of nitrogens with one attached hydrogen (secondary N) is 2. The fourth-order valence-electron chi connectivity index (χ4n) is 5.31. The summed E-state index contributed by atoms with van der Waals surface area (Å²) in [5, 5.41) is 10.5. The maximum atomic E-state index is 12.8. The topological polar surface area (TPSA) is 92.3 Å². The first-order chi connectivity index (χ1) is 16.2. The minimum atomic E-state index is -0.463. The molecular formula is C24H6Br4N2O4. The fraction of sp³-hybridized carbons (Fsp3) is 0. The number of carbonyl (C=O) groups excluding carboxylic acids is 4. The zero-order valence-electron chi connectivity index (χ0n) is 16.5. The summed E-state index contributed by atoms with van der Waals surface area (Å²) in [5.41, 5.74) is 1.57. The van der Waals surface area contributed by atoms with Crippen molar-refractivity contribution >= 4 is 130 Å². The molecule has 6 nitrogen and oxygen atoms in total. The van der Waals surface area contributed by atoms with Crippen molar-refractivity contribution < 1.29 is 19.2 Å². The molecule has 2 N–H and O–H groups in total. The molecule has 0 bridgehead atoms. The van der Waals surface area contributed by atoms with Crippen molar-refractivity contribution in [3.05, 3.63) is 64.4 Å². The van der Waals surface area contributed by atoms with Crippen LogP contribution in [0.3, 0.4) is 0 Å². The lowest BCUT2D eigenvalue weighted by molar-refractivity contribution is 0.0828. The third-order valence-electron chi connectivity index (χ3n) is 6.55. The lowest BCUT2D eigenvalue weighted by Crippen LogP contribution is -2.35. The number of benzene rings is 5. The van der Waals surface area contributed by atoms with E-state index < -0.39 is 23.6 Å². The Morgan fingerprint density at radius 1 is 0.382 bits per heavy atom. The zero-order valence-corrected chi connectivity index (χ0v) is 22.8. The second kappa shape index (κ2) is 6.63. The molecule has 0 aromatic heterocycles. The van der Waals surface area contributed by atoms with Crippen molar-refractivity contribution in [2.75, 3.05) is 0 Å². The van der Waals surface area contributed by atoms with Crippen molar-refractivity contribution in [2.45, 2.75) is 0 Å². The predicted octanol–water partition coefficient (Wildman–Crippen LogP) is 6.55. The minimum Gasteiger partial charge on any atom is -0.288 e. The number of amides is 4. The lowest BCUT2D eigenvalue weighted by atomic mass is 9.82. The summed E-state index contributed by atoms with van der Waals surface area (Å²) in [6.07, 6.45) is 0. The SMILES string of the molecule is O=C1NC(=O)c2cc(Br)c3c4c(Br)cc5c6c(cc(Br)c(c7c(Br)cc1c2c73)c64)C(=O)NC5=O. The molecule has 5 aromatic carbocycles. The molecule has 0 saturated carbocycles. The summed E-state index contributed by atoms with van der Waals surface area (Å²) in [4.78, 5) is 51.0. The summed E-state index contributed by atoms with van der Waals surface area (Å²) in [6.45, 7) is 0. The number of hydrogen-bond donors (Lipinski definition) is 2. The Bertz CT molecular complexity index is 1660. The van der Waals surface area contributed by atoms with E-state index in [2.05, 4.69) is 74.4 Å². The van der Waals surface area contributed by atoms with Crippen LogP contribution in [0.1, 0.15) is 41.4 Å². The van der Waals surface area contributed by atoms with Gasteiger partial charge in [0.2, 0.25) is 0 Å². The maximum absolute atomic E-state index is 12.8. The van der Waals surface area contributed by atoms with Crippen LogP contribution in [0, 0.1) is 0 Å². The molecule has 5 aromatic rings. The Morgan fingerprint density at radius 2 is 0.618 bits per heavy atom. The van der Waals surface area contributed by atoms with E-state index in [1.165, 1.54) is 0 Å². The average molecular weight is 706 g/mol. The van der Waals surface area contributed by atoms with Crippen molar-refractivity contribution in [2.24, 2.45) is 0 Å². The van der Waals surface area contributed by atoms with Crippen LogP contribution < -0.4 is 10.6 Å². The highest BCUT2D eigenvalue weighted by Crippen LogP contribution is 2.52. The standard InChI is InChI=1S/C24H6Br4N2O4/c25-9-1-5-13-6(22(32)29-21(5)31)2-11(27)17-18-12(28)4-8-14-7(23(33)30-24(8)34)3-10(26)16(20(14)18)15(9)19(13)17/h1-4H,(H,29,31,32)(H,30,33,34). The monoisotopic (exact) mass is 702 g/mol. The molecule has 7 rings (SSSR count). The van der Waals surface area contributed by atoms with Crippen LogP contribution in [0.4, 0.5) is 0 Å². The second-order valence-corrected chi connectivity index (χ2v) is 11.6. The normalized spacial score (nSPS) is 15.2. The van der Waals surface area contributed by atoms with E-state index in [4.69, 9.17) is 0 Å². The van der Waals surface area contributed by atoms with Crippen molar-refractivity contribution in [3.8, 4) is 0 Å². The van der Waals surface area contributed by atoms with Gasteiger partial charge in [-0.2, -0.15) is 0 Å². The molecule has 4 amide bonds.